The number of hydrogen-bond donors (Lipinski definition) is 1. The van der Waals surface area contributed by atoms with Crippen molar-refractivity contribution in [3.05, 3.63) is 35.6 Å². The van der Waals surface area contributed by atoms with Gasteiger partial charge in [0.25, 0.3) is 0 Å². The molecule has 1 aromatic carbocycles. The van der Waals surface area contributed by atoms with Crippen molar-refractivity contribution in [3.63, 3.8) is 0 Å². The maximum atomic E-state index is 13.9. The second-order valence-electron chi connectivity index (χ2n) is 7.45. The van der Waals surface area contributed by atoms with Gasteiger partial charge in [0.2, 0.25) is 11.8 Å². The molecule has 5 nitrogen and oxygen atoms in total. The summed E-state index contributed by atoms with van der Waals surface area (Å²) in [5.74, 6) is 0.00861. The molecule has 2 heterocycles. The van der Waals surface area contributed by atoms with E-state index >= 15 is 0 Å². The van der Waals surface area contributed by atoms with Crippen LogP contribution in [0.15, 0.2) is 24.3 Å². The van der Waals surface area contributed by atoms with Crippen LogP contribution in [0.1, 0.15) is 38.2 Å². The zero-order chi connectivity index (χ0) is 18.5. The molecule has 2 aliphatic heterocycles. The second kappa shape index (κ2) is 8.62. The standard InChI is InChI=1S/C20H28FN3O2/c1-15(25)24-11-8-16(9-12-24)20(26)22-18-6-4-10-23(14-18)13-17-5-2-3-7-19(17)21/h2-3,5,7,16,18H,4,6,8-14H2,1H3,(H,22,26)/t18-/m0/s1. The number of hydrogen-bond acceptors (Lipinski definition) is 3. The van der Waals surface area contributed by atoms with E-state index < -0.39 is 0 Å². The number of likely N-dealkylation sites (tertiary alicyclic amines) is 2. The lowest BCUT2D eigenvalue weighted by Crippen LogP contribution is -2.50. The first-order chi connectivity index (χ1) is 12.5. The van der Waals surface area contributed by atoms with Crippen molar-refractivity contribution in [2.75, 3.05) is 26.2 Å². The average molecular weight is 361 g/mol. The van der Waals surface area contributed by atoms with Crippen molar-refractivity contribution in [2.45, 2.75) is 45.2 Å². The summed E-state index contributed by atoms with van der Waals surface area (Å²) in [6, 6.07) is 6.99. The van der Waals surface area contributed by atoms with Gasteiger partial charge in [0.1, 0.15) is 5.82 Å². The molecule has 0 aliphatic carbocycles. The first-order valence-corrected chi connectivity index (χ1v) is 9.54. The average Bonchev–Trinajstić information content (AvgIpc) is 2.64. The zero-order valence-electron chi connectivity index (χ0n) is 15.4. The minimum Gasteiger partial charge on any atom is -0.352 e. The summed E-state index contributed by atoms with van der Waals surface area (Å²) in [6.45, 7) is 5.17. The third kappa shape index (κ3) is 4.81. The molecule has 1 atom stereocenters. The van der Waals surface area contributed by atoms with Crippen LogP contribution in [0.4, 0.5) is 4.39 Å². The lowest BCUT2D eigenvalue weighted by molar-refractivity contribution is -0.134. The summed E-state index contributed by atoms with van der Waals surface area (Å²) in [6.07, 6.45) is 3.43. The summed E-state index contributed by atoms with van der Waals surface area (Å²) in [4.78, 5) is 28.0. The molecule has 0 unspecified atom stereocenters. The van der Waals surface area contributed by atoms with E-state index in [0.29, 0.717) is 25.2 Å². The Morgan fingerprint density at radius 1 is 1.15 bits per heavy atom. The molecule has 2 aliphatic rings. The number of rotatable bonds is 4. The molecule has 0 aromatic heterocycles. The van der Waals surface area contributed by atoms with Crippen LogP contribution in [0.25, 0.3) is 0 Å². The molecule has 1 N–H and O–H groups in total. The van der Waals surface area contributed by atoms with E-state index in [1.54, 1.807) is 17.9 Å². The van der Waals surface area contributed by atoms with Crippen LogP contribution >= 0.6 is 0 Å². The number of piperidine rings is 2. The molecule has 0 spiro atoms. The minimum absolute atomic E-state index is 0.00690. The SMILES string of the molecule is CC(=O)N1CCC(C(=O)N[C@H]2CCCN(Cc3ccccc3F)C2)CC1. The van der Waals surface area contributed by atoms with Gasteiger partial charge in [-0.2, -0.15) is 0 Å². The quantitative estimate of drug-likeness (QED) is 0.894. The van der Waals surface area contributed by atoms with Gasteiger partial charge in [-0.15, -0.1) is 0 Å². The van der Waals surface area contributed by atoms with Crippen LogP contribution in [0.2, 0.25) is 0 Å². The van der Waals surface area contributed by atoms with Gasteiger partial charge >= 0.3 is 0 Å². The van der Waals surface area contributed by atoms with Crippen molar-refractivity contribution < 1.29 is 14.0 Å². The number of amides is 2. The van der Waals surface area contributed by atoms with E-state index in [4.69, 9.17) is 0 Å². The Hall–Kier alpha value is -1.95. The van der Waals surface area contributed by atoms with Crippen molar-refractivity contribution in [3.8, 4) is 0 Å². The van der Waals surface area contributed by atoms with Crippen LogP contribution in [0.5, 0.6) is 0 Å². The molecule has 2 amide bonds. The van der Waals surface area contributed by atoms with Crippen LogP contribution in [-0.2, 0) is 16.1 Å². The summed E-state index contributed by atoms with van der Waals surface area (Å²) >= 11 is 0. The molecule has 0 bridgehead atoms. The van der Waals surface area contributed by atoms with Crippen LogP contribution < -0.4 is 5.32 Å². The van der Waals surface area contributed by atoms with Crippen molar-refractivity contribution >= 4 is 11.8 Å². The maximum Gasteiger partial charge on any atom is 0.223 e. The second-order valence-corrected chi connectivity index (χ2v) is 7.45. The Bertz CT molecular complexity index is 644. The van der Waals surface area contributed by atoms with E-state index in [2.05, 4.69) is 10.2 Å². The number of benzene rings is 1. The van der Waals surface area contributed by atoms with Gasteiger partial charge < -0.3 is 10.2 Å². The third-order valence-electron chi connectivity index (χ3n) is 5.51. The van der Waals surface area contributed by atoms with Crippen molar-refractivity contribution in [2.24, 2.45) is 5.92 Å². The molecule has 142 valence electrons. The third-order valence-corrected chi connectivity index (χ3v) is 5.51. The van der Waals surface area contributed by atoms with Crippen LogP contribution in [0.3, 0.4) is 0 Å². The Kier molecular flexibility index (Phi) is 6.25. The van der Waals surface area contributed by atoms with Crippen LogP contribution in [0, 0.1) is 11.7 Å². The van der Waals surface area contributed by atoms with Gasteiger partial charge in [-0.3, -0.25) is 14.5 Å². The van der Waals surface area contributed by atoms with Crippen LogP contribution in [-0.4, -0.2) is 53.8 Å². The summed E-state index contributed by atoms with van der Waals surface area (Å²) in [5.41, 5.74) is 0.705. The molecule has 3 rings (SSSR count). The first-order valence-electron chi connectivity index (χ1n) is 9.54. The predicted octanol–water partition coefficient (Wildman–Crippen LogP) is 2.16. The van der Waals surface area contributed by atoms with Gasteiger partial charge in [-0.25, -0.2) is 4.39 Å². The van der Waals surface area contributed by atoms with Gasteiger partial charge in [0.05, 0.1) is 0 Å². The van der Waals surface area contributed by atoms with Crippen molar-refractivity contribution in [1.29, 1.82) is 0 Å². The Balaban J connectivity index is 1.48. The van der Waals surface area contributed by atoms with E-state index in [1.165, 1.54) is 6.07 Å². The largest absolute Gasteiger partial charge is 0.352 e. The lowest BCUT2D eigenvalue weighted by atomic mass is 9.95. The lowest BCUT2D eigenvalue weighted by Gasteiger charge is -2.35. The Morgan fingerprint density at radius 2 is 1.88 bits per heavy atom. The fraction of sp³-hybridized carbons (Fsp3) is 0.600. The topological polar surface area (TPSA) is 52.7 Å². The molecule has 26 heavy (non-hydrogen) atoms. The van der Waals surface area contributed by atoms with E-state index in [0.717, 1.165) is 38.8 Å². The molecule has 1 aromatic rings. The van der Waals surface area contributed by atoms with E-state index in [-0.39, 0.29) is 29.6 Å². The van der Waals surface area contributed by atoms with Crippen molar-refractivity contribution in [1.82, 2.24) is 15.1 Å². The zero-order valence-corrected chi connectivity index (χ0v) is 15.4. The normalized spacial score (nSPS) is 22.2. The summed E-state index contributed by atoms with van der Waals surface area (Å²) < 4.78 is 13.9. The maximum absolute atomic E-state index is 13.9. The van der Waals surface area contributed by atoms with E-state index in [1.807, 2.05) is 12.1 Å². The number of carbonyl (C=O) groups is 2. The molecule has 2 fully saturated rings. The van der Waals surface area contributed by atoms with Gasteiger partial charge in [0, 0.05) is 50.6 Å². The minimum atomic E-state index is -0.170. The Morgan fingerprint density at radius 3 is 2.58 bits per heavy atom. The molecule has 6 heteroatoms. The Labute approximate surface area is 154 Å². The molecule has 2 saturated heterocycles. The monoisotopic (exact) mass is 361 g/mol. The molecule has 0 radical (unpaired) electrons. The highest BCUT2D eigenvalue weighted by molar-refractivity contribution is 5.79. The summed E-state index contributed by atoms with van der Waals surface area (Å²) in [7, 11) is 0. The number of halogens is 1. The number of carbonyl (C=O) groups excluding carboxylic acids is 2. The highest BCUT2D eigenvalue weighted by atomic mass is 19.1. The highest BCUT2D eigenvalue weighted by Crippen LogP contribution is 2.20. The fourth-order valence-electron chi connectivity index (χ4n) is 3.96. The number of nitrogens with zero attached hydrogens (tertiary/aromatic N) is 2. The number of nitrogens with one attached hydrogen (secondary N) is 1. The summed E-state index contributed by atoms with van der Waals surface area (Å²) in [5, 5.41) is 3.19. The van der Waals surface area contributed by atoms with E-state index in [9.17, 15) is 14.0 Å². The first kappa shape index (κ1) is 18.8. The molecular weight excluding hydrogens is 333 g/mol. The molecular formula is C20H28FN3O2. The smallest absolute Gasteiger partial charge is 0.223 e. The molecule has 0 saturated carbocycles. The predicted molar refractivity (Wildman–Crippen MR) is 97.8 cm³/mol. The van der Waals surface area contributed by atoms with Gasteiger partial charge in [-0.1, -0.05) is 18.2 Å². The van der Waals surface area contributed by atoms with Gasteiger partial charge in [0.15, 0.2) is 0 Å². The van der Waals surface area contributed by atoms with Gasteiger partial charge in [-0.05, 0) is 38.3 Å². The fourth-order valence-corrected chi connectivity index (χ4v) is 3.96. The highest BCUT2D eigenvalue weighted by Gasteiger charge is 2.29.